The standard InChI is InChI=1S/C13H18N4OS2/c1-4-5-9(14)12(18)17-13-16-10(6-19-13)11-7(2)15-8(3)20-11/h6,9H,4-5,14H2,1-3H3,(H,16,17,18). The molecular weight excluding hydrogens is 292 g/mol. The summed E-state index contributed by atoms with van der Waals surface area (Å²) in [4.78, 5) is 21.7. The van der Waals surface area contributed by atoms with Crippen LogP contribution in [0.15, 0.2) is 5.38 Å². The first-order valence-electron chi connectivity index (χ1n) is 6.47. The molecule has 0 aliphatic carbocycles. The molecule has 0 bridgehead atoms. The molecule has 0 saturated carbocycles. The number of aryl methyl sites for hydroxylation is 2. The number of aromatic nitrogens is 2. The highest BCUT2D eigenvalue weighted by Gasteiger charge is 2.16. The lowest BCUT2D eigenvalue weighted by Crippen LogP contribution is -2.35. The van der Waals surface area contributed by atoms with Crippen molar-refractivity contribution in [2.75, 3.05) is 5.32 Å². The minimum atomic E-state index is -0.472. The van der Waals surface area contributed by atoms with Gasteiger partial charge >= 0.3 is 0 Å². The normalized spacial score (nSPS) is 12.4. The molecule has 1 atom stereocenters. The molecule has 2 aromatic heterocycles. The first-order chi connectivity index (χ1) is 9.51. The molecule has 2 heterocycles. The molecule has 0 aliphatic heterocycles. The third-order valence-corrected chi connectivity index (χ3v) is 4.66. The maximum atomic E-state index is 11.8. The molecule has 0 saturated heterocycles. The Morgan fingerprint density at radius 1 is 1.45 bits per heavy atom. The van der Waals surface area contributed by atoms with Gasteiger partial charge in [-0.05, 0) is 20.3 Å². The van der Waals surface area contributed by atoms with Gasteiger partial charge in [0.05, 0.1) is 27.3 Å². The molecule has 108 valence electrons. The van der Waals surface area contributed by atoms with E-state index >= 15 is 0 Å². The van der Waals surface area contributed by atoms with Gasteiger partial charge in [0.2, 0.25) is 5.91 Å². The number of amides is 1. The van der Waals surface area contributed by atoms with Gasteiger partial charge in [-0.25, -0.2) is 9.97 Å². The molecule has 3 N–H and O–H groups in total. The summed E-state index contributed by atoms with van der Waals surface area (Å²) in [7, 11) is 0. The summed E-state index contributed by atoms with van der Waals surface area (Å²) in [5.41, 5.74) is 7.61. The second kappa shape index (κ2) is 6.43. The van der Waals surface area contributed by atoms with Crippen molar-refractivity contribution in [3.8, 4) is 10.6 Å². The number of anilines is 1. The molecule has 1 unspecified atom stereocenters. The molecule has 7 heteroatoms. The van der Waals surface area contributed by atoms with Crippen LogP contribution in [0.3, 0.4) is 0 Å². The van der Waals surface area contributed by atoms with Crippen LogP contribution in [0, 0.1) is 13.8 Å². The minimum absolute atomic E-state index is 0.176. The summed E-state index contributed by atoms with van der Waals surface area (Å²) in [6.45, 7) is 5.94. The van der Waals surface area contributed by atoms with Crippen LogP contribution in [0.4, 0.5) is 5.13 Å². The first-order valence-corrected chi connectivity index (χ1v) is 8.17. The number of hydrogen-bond acceptors (Lipinski definition) is 6. The van der Waals surface area contributed by atoms with Crippen LogP contribution in [-0.2, 0) is 4.79 Å². The Morgan fingerprint density at radius 3 is 2.80 bits per heavy atom. The van der Waals surface area contributed by atoms with Gasteiger partial charge in [0, 0.05) is 5.38 Å². The van der Waals surface area contributed by atoms with Crippen LogP contribution in [0.5, 0.6) is 0 Å². The highest BCUT2D eigenvalue weighted by atomic mass is 32.1. The zero-order valence-electron chi connectivity index (χ0n) is 11.8. The van der Waals surface area contributed by atoms with E-state index in [1.54, 1.807) is 11.3 Å². The Balaban J connectivity index is 2.10. The summed E-state index contributed by atoms with van der Waals surface area (Å²) >= 11 is 3.02. The number of nitrogens with zero attached hydrogens (tertiary/aromatic N) is 2. The lowest BCUT2D eigenvalue weighted by Gasteiger charge is -2.08. The van der Waals surface area contributed by atoms with E-state index in [1.165, 1.54) is 11.3 Å². The third-order valence-electron chi connectivity index (χ3n) is 2.81. The van der Waals surface area contributed by atoms with Gasteiger partial charge in [0.1, 0.15) is 0 Å². The Kier molecular flexibility index (Phi) is 4.85. The van der Waals surface area contributed by atoms with Crippen molar-refractivity contribution in [2.24, 2.45) is 5.73 Å². The van der Waals surface area contributed by atoms with E-state index in [0.29, 0.717) is 11.6 Å². The Bertz CT molecular complexity index is 605. The van der Waals surface area contributed by atoms with Gasteiger partial charge in [-0.3, -0.25) is 4.79 Å². The van der Waals surface area contributed by atoms with Crippen molar-refractivity contribution in [2.45, 2.75) is 39.7 Å². The van der Waals surface area contributed by atoms with Gasteiger partial charge in [-0.1, -0.05) is 13.3 Å². The predicted molar refractivity (Wildman–Crippen MR) is 84.2 cm³/mol. The molecule has 5 nitrogen and oxygen atoms in total. The van der Waals surface area contributed by atoms with Crippen molar-refractivity contribution in [3.05, 3.63) is 16.1 Å². The molecule has 0 aliphatic rings. The third kappa shape index (κ3) is 3.41. The Hall–Kier alpha value is -1.31. The maximum Gasteiger partial charge on any atom is 0.243 e. The van der Waals surface area contributed by atoms with Crippen LogP contribution >= 0.6 is 22.7 Å². The van der Waals surface area contributed by atoms with Crippen LogP contribution in [0.1, 0.15) is 30.5 Å². The van der Waals surface area contributed by atoms with Crippen molar-refractivity contribution in [1.29, 1.82) is 0 Å². The van der Waals surface area contributed by atoms with Crippen molar-refractivity contribution >= 4 is 33.7 Å². The summed E-state index contributed by atoms with van der Waals surface area (Å²) in [5.74, 6) is -0.176. The fourth-order valence-electron chi connectivity index (χ4n) is 1.84. The highest BCUT2D eigenvalue weighted by molar-refractivity contribution is 7.16. The fourth-order valence-corrected chi connectivity index (χ4v) is 3.50. The van der Waals surface area contributed by atoms with Gasteiger partial charge in [0.25, 0.3) is 0 Å². The zero-order chi connectivity index (χ0) is 14.7. The molecule has 2 aromatic rings. The first kappa shape index (κ1) is 15.1. The van der Waals surface area contributed by atoms with E-state index in [2.05, 4.69) is 15.3 Å². The smallest absolute Gasteiger partial charge is 0.243 e. The molecule has 1 amide bonds. The lowest BCUT2D eigenvalue weighted by molar-refractivity contribution is -0.117. The molecule has 0 aromatic carbocycles. The number of thiazole rings is 2. The number of nitrogens with one attached hydrogen (secondary N) is 1. The predicted octanol–water partition coefficient (Wildman–Crippen LogP) is 2.95. The van der Waals surface area contributed by atoms with E-state index in [0.717, 1.165) is 27.7 Å². The van der Waals surface area contributed by atoms with E-state index < -0.39 is 6.04 Å². The van der Waals surface area contributed by atoms with Crippen LogP contribution in [0.2, 0.25) is 0 Å². The van der Waals surface area contributed by atoms with Crippen molar-refractivity contribution in [3.63, 3.8) is 0 Å². The largest absolute Gasteiger partial charge is 0.320 e. The van der Waals surface area contributed by atoms with Crippen LogP contribution in [0.25, 0.3) is 10.6 Å². The van der Waals surface area contributed by atoms with Crippen LogP contribution in [-0.4, -0.2) is 21.9 Å². The number of carbonyl (C=O) groups excluding carboxylic acids is 1. The van der Waals surface area contributed by atoms with Crippen molar-refractivity contribution < 1.29 is 4.79 Å². The van der Waals surface area contributed by atoms with Gasteiger partial charge in [-0.2, -0.15) is 0 Å². The minimum Gasteiger partial charge on any atom is -0.320 e. The highest BCUT2D eigenvalue weighted by Crippen LogP contribution is 2.31. The lowest BCUT2D eigenvalue weighted by atomic mass is 10.2. The van der Waals surface area contributed by atoms with E-state index in [4.69, 9.17) is 5.73 Å². The van der Waals surface area contributed by atoms with Gasteiger partial charge in [-0.15, -0.1) is 22.7 Å². The summed E-state index contributed by atoms with van der Waals surface area (Å²) < 4.78 is 0. The molecule has 20 heavy (non-hydrogen) atoms. The zero-order valence-corrected chi connectivity index (χ0v) is 13.4. The summed E-state index contributed by atoms with van der Waals surface area (Å²) in [6, 6.07) is -0.472. The van der Waals surface area contributed by atoms with E-state index in [9.17, 15) is 4.79 Å². The summed E-state index contributed by atoms with van der Waals surface area (Å²) in [6.07, 6.45) is 1.56. The fraction of sp³-hybridized carbons (Fsp3) is 0.462. The Labute approximate surface area is 126 Å². The topological polar surface area (TPSA) is 80.9 Å². The number of hydrogen-bond donors (Lipinski definition) is 2. The van der Waals surface area contributed by atoms with E-state index in [1.807, 2.05) is 26.2 Å². The van der Waals surface area contributed by atoms with Gasteiger partial charge in [0.15, 0.2) is 5.13 Å². The van der Waals surface area contributed by atoms with Gasteiger partial charge < -0.3 is 11.1 Å². The monoisotopic (exact) mass is 310 g/mol. The maximum absolute atomic E-state index is 11.8. The second-order valence-corrected chi connectivity index (χ2v) is 6.63. The molecule has 0 spiro atoms. The number of nitrogens with two attached hydrogens (primary N) is 1. The number of carbonyl (C=O) groups is 1. The van der Waals surface area contributed by atoms with E-state index in [-0.39, 0.29) is 5.91 Å². The average Bonchev–Trinajstić information content (AvgIpc) is 2.96. The second-order valence-electron chi connectivity index (χ2n) is 4.57. The molecule has 2 rings (SSSR count). The quantitative estimate of drug-likeness (QED) is 0.889. The SMILES string of the molecule is CCCC(N)C(=O)Nc1nc(-c2sc(C)nc2C)cs1. The summed E-state index contributed by atoms with van der Waals surface area (Å²) in [5, 5.41) is 6.30. The average molecular weight is 310 g/mol. The van der Waals surface area contributed by atoms with Crippen LogP contribution < -0.4 is 11.1 Å². The van der Waals surface area contributed by atoms with Crippen molar-refractivity contribution in [1.82, 2.24) is 9.97 Å². The molecular formula is C13H18N4OS2. The molecule has 0 radical (unpaired) electrons. The number of rotatable bonds is 5. The molecule has 0 fully saturated rings. The Morgan fingerprint density at radius 2 is 2.20 bits per heavy atom.